The fourth-order valence-corrected chi connectivity index (χ4v) is 1.79. The first kappa shape index (κ1) is 14.0. The van der Waals surface area contributed by atoms with Gasteiger partial charge in [0.25, 0.3) is 0 Å². The number of hydrogen-bond donors (Lipinski definition) is 1. The lowest BCUT2D eigenvalue weighted by Crippen LogP contribution is -2.34. The molecule has 1 nitrogen and oxygen atoms in total. The van der Waals surface area contributed by atoms with E-state index in [-0.39, 0.29) is 0 Å². The zero-order chi connectivity index (χ0) is 10.8. The first-order valence-corrected chi connectivity index (χ1v) is 6.45. The third-order valence-corrected chi connectivity index (χ3v) is 2.83. The van der Waals surface area contributed by atoms with Crippen molar-refractivity contribution in [1.82, 2.24) is 5.32 Å². The topological polar surface area (TPSA) is 12.0 Å². The Bertz CT molecular complexity index is 110. The summed E-state index contributed by atoms with van der Waals surface area (Å²) in [6.07, 6.45) is 8.16. The molecule has 0 aliphatic rings. The quantitative estimate of drug-likeness (QED) is 0.554. The van der Waals surface area contributed by atoms with Crippen LogP contribution in [0.2, 0.25) is 0 Å². The van der Waals surface area contributed by atoms with Crippen LogP contribution in [-0.4, -0.2) is 12.6 Å². The highest BCUT2D eigenvalue weighted by Gasteiger charge is 2.10. The molecule has 0 aromatic carbocycles. The minimum absolute atomic E-state index is 0.742. The van der Waals surface area contributed by atoms with Gasteiger partial charge in [-0.15, -0.1) is 0 Å². The Balaban J connectivity index is 3.52. The van der Waals surface area contributed by atoms with Crippen molar-refractivity contribution in [2.75, 3.05) is 6.54 Å². The largest absolute Gasteiger partial charge is 0.314 e. The molecule has 1 unspecified atom stereocenters. The van der Waals surface area contributed by atoms with Crippen LogP contribution in [0.3, 0.4) is 0 Å². The zero-order valence-electron chi connectivity index (χ0n) is 10.6. The molecule has 1 atom stereocenters. The lowest BCUT2D eigenvalue weighted by Gasteiger charge is -2.22. The van der Waals surface area contributed by atoms with Crippen molar-refractivity contribution < 1.29 is 0 Å². The normalized spacial score (nSPS) is 13.5. The van der Waals surface area contributed by atoms with Crippen molar-refractivity contribution in [3.63, 3.8) is 0 Å². The first-order valence-electron chi connectivity index (χ1n) is 6.45. The molecule has 0 bridgehead atoms. The van der Waals surface area contributed by atoms with Crippen LogP contribution in [-0.2, 0) is 0 Å². The maximum atomic E-state index is 3.65. The van der Waals surface area contributed by atoms with Gasteiger partial charge < -0.3 is 5.32 Å². The number of rotatable bonds is 9. The zero-order valence-corrected chi connectivity index (χ0v) is 10.6. The van der Waals surface area contributed by atoms with E-state index < -0.39 is 0 Å². The summed E-state index contributed by atoms with van der Waals surface area (Å²) in [5.74, 6) is 0.781. The molecule has 0 aromatic rings. The van der Waals surface area contributed by atoms with E-state index in [0.717, 1.165) is 12.0 Å². The summed E-state index contributed by atoms with van der Waals surface area (Å²) in [5.41, 5.74) is 0. The van der Waals surface area contributed by atoms with Gasteiger partial charge in [0.1, 0.15) is 0 Å². The van der Waals surface area contributed by atoms with Crippen molar-refractivity contribution >= 4 is 0 Å². The molecule has 0 aromatic heterocycles. The number of nitrogens with one attached hydrogen (secondary N) is 1. The highest BCUT2D eigenvalue weighted by atomic mass is 14.9. The summed E-state index contributed by atoms with van der Waals surface area (Å²) in [5, 5.41) is 3.65. The third-order valence-electron chi connectivity index (χ3n) is 2.83. The predicted octanol–water partition coefficient (Wildman–Crippen LogP) is 3.98. The second-order valence-electron chi connectivity index (χ2n) is 4.65. The summed E-state index contributed by atoms with van der Waals surface area (Å²) in [6.45, 7) is 10.3. The van der Waals surface area contributed by atoms with Crippen LogP contribution in [0, 0.1) is 5.92 Å². The molecule has 86 valence electrons. The Hall–Kier alpha value is -0.0400. The molecule has 0 saturated carbocycles. The Morgan fingerprint density at radius 1 is 0.929 bits per heavy atom. The monoisotopic (exact) mass is 199 g/mol. The van der Waals surface area contributed by atoms with E-state index >= 15 is 0 Å². The molecule has 0 aliphatic heterocycles. The van der Waals surface area contributed by atoms with Gasteiger partial charge in [0.15, 0.2) is 0 Å². The van der Waals surface area contributed by atoms with Crippen molar-refractivity contribution in [3.8, 4) is 0 Å². The van der Waals surface area contributed by atoms with Gasteiger partial charge in [-0.05, 0) is 25.3 Å². The van der Waals surface area contributed by atoms with Gasteiger partial charge in [-0.2, -0.15) is 0 Å². The van der Waals surface area contributed by atoms with Crippen molar-refractivity contribution in [2.24, 2.45) is 5.92 Å². The fraction of sp³-hybridized carbons (Fsp3) is 1.00. The standard InChI is InChI=1S/C13H29N/c1-5-7-8-9-10-13(12(3)4)14-11-6-2/h12-14H,5-11H2,1-4H3. The molecule has 1 N–H and O–H groups in total. The van der Waals surface area contributed by atoms with E-state index in [4.69, 9.17) is 0 Å². The van der Waals surface area contributed by atoms with Crippen LogP contribution in [0.25, 0.3) is 0 Å². The van der Waals surface area contributed by atoms with Crippen molar-refractivity contribution in [3.05, 3.63) is 0 Å². The molecular formula is C13H29N. The van der Waals surface area contributed by atoms with E-state index in [2.05, 4.69) is 33.0 Å². The Kier molecular flexibility index (Phi) is 9.49. The van der Waals surface area contributed by atoms with Crippen LogP contribution >= 0.6 is 0 Å². The summed E-state index contributed by atoms with van der Waals surface area (Å²) >= 11 is 0. The molecule has 0 heterocycles. The average Bonchev–Trinajstić information content (AvgIpc) is 2.16. The van der Waals surface area contributed by atoms with Crippen LogP contribution < -0.4 is 5.32 Å². The highest BCUT2D eigenvalue weighted by Crippen LogP contribution is 2.11. The third kappa shape index (κ3) is 7.37. The maximum absolute atomic E-state index is 3.65. The fourth-order valence-electron chi connectivity index (χ4n) is 1.79. The summed E-state index contributed by atoms with van der Waals surface area (Å²) in [7, 11) is 0. The van der Waals surface area contributed by atoms with Gasteiger partial charge in [-0.1, -0.05) is 53.4 Å². The number of unbranched alkanes of at least 4 members (excludes halogenated alkanes) is 3. The molecular weight excluding hydrogens is 170 g/mol. The number of hydrogen-bond acceptors (Lipinski definition) is 1. The van der Waals surface area contributed by atoms with Gasteiger partial charge in [-0.3, -0.25) is 0 Å². The molecule has 1 heteroatoms. The van der Waals surface area contributed by atoms with E-state index in [1.807, 2.05) is 0 Å². The molecule has 0 fully saturated rings. The second-order valence-corrected chi connectivity index (χ2v) is 4.65. The molecule has 0 saturated heterocycles. The van der Waals surface area contributed by atoms with Gasteiger partial charge in [0.2, 0.25) is 0 Å². The SMILES string of the molecule is CCCCCCC(NCCC)C(C)C. The maximum Gasteiger partial charge on any atom is 0.00900 e. The van der Waals surface area contributed by atoms with Crippen molar-refractivity contribution in [2.45, 2.75) is 72.3 Å². The minimum atomic E-state index is 0.742. The molecule has 0 radical (unpaired) electrons. The molecule has 0 amide bonds. The summed E-state index contributed by atoms with van der Waals surface area (Å²) < 4.78 is 0. The Labute approximate surface area is 90.7 Å². The lowest BCUT2D eigenvalue weighted by atomic mass is 9.97. The summed E-state index contributed by atoms with van der Waals surface area (Å²) in [6, 6.07) is 0.742. The smallest absolute Gasteiger partial charge is 0.00900 e. The Morgan fingerprint density at radius 2 is 1.64 bits per heavy atom. The summed E-state index contributed by atoms with van der Waals surface area (Å²) in [4.78, 5) is 0. The van der Waals surface area contributed by atoms with E-state index in [1.165, 1.54) is 45.1 Å². The molecule has 0 spiro atoms. The molecule has 0 aliphatic carbocycles. The lowest BCUT2D eigenvalue weighted by molar-refractivity contribution is 0.365. The first-order chi connectivity index (χ1) is 6.72. The van der Waals surface area contributed by atoms with Gasteiger partial charge in [-0.25, -0.2) is 0 Å². The van der Waals surface area contributed by atoms with Crippen LogP contribution in [0.5, 0.6) is 0 Å². The van der Waals surface area contributed by atoms with E-state index in [0.29, 0.717) is 0 Å². The van der Waals surface area contributed by atoms with E-state index in [1.54, 1.807) is 0 Å². The van der Waals surface area contributed by atoms with Crippen molar-refractivity contribution in [1.29, 1.82) is 0 Å². The second kappa shape index (κ2) is 9.51. The average molecular weight is 199 g/mol. The highest BCUT2D eigenvalue weighted by molar-refractivity contribution is 4.70. The van der Waals surface area contributed by atoms with Crippen LogP contribution in [0.1, 0.15) is 66.2 Å². The van der Waals surface area contributed by atoms with Crippen LogP contribution in [0.4, 0.5) is 0 Å². The minimum Gasteiger partial charge on any atom is -0.314 e. The molecule has 0 rings (SSSR count). The molecule has 14 heavy (non-hydrogen) atoms. The predicted molar refractivity (Wildman–Crippen MR) is 65.7 cm³/mol. The Morgan fingerprint density at radius 3 is 2.14 bits per heavy atom. The van der Waals surface area contributed by atoms with Crippen LogP contribution in [0.15, 0.2) is 0 Å². The van der Waals surface area contributed by atoms with Gasteiger partial charge >= 0.3 is 0 Å². The van der Waals surface area contributed by atoms with E-state index in [9.17, 15) is 0 Å². The van der Waals surface area contributed by atoms with Gasteiger partial charge in [0.05, 0.1) is 0 Å². The van der Waals surface area contributed by atoms with Gasteiger partial charge in [0, 0.05) is 6.04 Å².